The van der Waals surface area contributed by atoms with Crippen molar-refractivity contribution in [1.82, 2.24) is 4.90 Å². The van der Waals surface area contributed by atoms with Gasteiger partial charge in [-0.2, -0.15) is 0 Å². The van der Waals surface area contributed by atoms with E-state index < -0.39 is 5.54 Å². The van der Waals surface area contributed by atoms with Crippen molar-refractivity contribution >= 4 is 59.2 Å². The number of nitrogens with zero attached hydrogens (tertiary/aromatic N) is 2. The van der Waals surface area contributed by atoms with E-state index in [1.807, 2.05) is 29.2 Å². The maximum atomic E-state index is 13.9. The molecule has 3 aliphatic rings. The van der Waals surface area contributed by atoms with Crippen LogP contribution in [0.5, 0.6) is 0 Å². The van der Waals surface area contributed by atoms with Gasteiger partial charge in [0.25, 0.3) is 5.91 Å². The number of piperidine rings is 1. The first kappa shape index (κ1) is 22.4. The van der Waals surface area contributed by atoms with Crippen molar-refractivity contribution in [2.24, 2.45) is 11.8 Å². The van der Waals surface area contributed by atoms with E-state index in [0.717, 1.165) is 29.8 Å². The van der Waals surface area contributed by atoms with Crippen LogP contribution in [0.2, 0.25) is 5.02 Å². The third-order valence-corrected chi connectivity index (χ3v) is 8.22. The van der Waals surface area contributed by atoms with Crippen LogP contribution in [0.15, 0.2) is 30.9 Å². The number of hydrogen-bond donors (Lipinski definition) is 0. The van der Waals surface area contributed by atoms with Crippen molar-refractivity contribution in [1.29, 1.82) is 0 Å². The molecular weight excluding hydrogens is 535 g/mol. The van der Waals surface area contributed by atoms with E-state index in [-0.39, 0.29) is 24.5 Å². The van der Waals surface area contributed by atoms with E-state index in [2.05, 4.69) is 27.8 Å². The fraction of sp³-hybridized carbons (Fsp3) is 0.545. The molecular formula is C22H26ClIN2O3S. The summed E-state index contributed by atoms with van der Waals surface area (Å²) in [5.41, 5.74) is 0.707. The number of likely N-dealkylation sites (tertiary alicyclic amines) is 1. The number of halogens is 2. The molecule has 0 radical (unpaired) electrons. The standard InChI is InChI=1S/C22H26ClIN2O3S/c1-2-3-16-8-9-22(26(20(16)27)13-15-4-5-15)18-7-6-17(23)12-19(18)25(21(22)28)14-29-10-11-30-24/h2,6-7,12,15-16H,1,3-5,8-11,13-14H2/t16-,22-/m0/s1. The lowest BCUT2D eigenvalue weighted by molar-refractivity contribution is -0.156. The van der Waals surface area contributed by atoms with Crippen LogP contribution < -0.4 is 4.90 Å². The van der Waals surface area contributed by atoms with E-state index in [1.165, 1.54) is 0 Å². The van der Waals surface area contributed by atoms with Gasteiger partial charge in [0.15, 0.2) is 0 Å². The molecule has 2 amide bonds. The number of amides is 2. The number of allylic oxidation sites excluding steroid dienone is 1. The van der Waals surface area contributed by atoms with Gasteiger partial charge in [-0.25, -0.2) is 0 Å². The Balaban J connectivity index is 1.72. The summed E-state index contributed by atoms with van der Waals surface area (Å²) in [6.07, 6.45) is 6.00. The molecule has 4 rings (SSSR count). The highest BCUT2D eigenvalue weighted by atomic mass is 127. The molecule has 0 unspecified atom stereocenters. The molecule has 2 heterocycles. The minimum atomic E-state index is -0.946. The summed E-state index contributed by atoms with van der Waals surface area (Å²) < 4.78 is 5.79. The summed E-state index contributed by atoms with van der Waals surface area (Å²) in [5, 5.41) is 0.576. The molecule has 8 heteroatoms. The highest BCUT2D eigenvalue weighted by Crippen LogP contribution is 2.52. The Bertz CT molecular complexity index is 850. The van der Waals surface area contributed by atoms with Gasteiger partial charge < -0.3 is 9.64 Å². The van der Waals surface area contributed by atoms with E-state index in [9.17, 15) is 9.59 Å². The zero-order valence-electron chi connectivity index (χ0n) is 16.8. The van der Waals surface area contributed by atoms with Crippen molar-refractivity contribution in [3.63, 3.8) is 0 Å². The summed E-state index contributed by atoms with van der Waals surface area (Å²) in [6, 6.07) is 5.58. The lowest BCUT2D eigenvalue weighted by Crippen LogP contribution is -2.60. The Kier molecular flexibility index (Phi) is 7.01. The van der Waals surface area contributed by atoms with E-state index in [4.69, 9.17) is 16.3 Å². The Morgan fingerprint density at radius 3 is 2.83 bits per heavy atom. The second kappa shape index (κ2) is 9.38. The maximum Gasteiger partial charge on any atom is 0.259 e. The quantitative estimate of drug-likeness (QED) is 0.238. The third kappa shape index (κ3) is 4.02. The number of ether oxygens (including phenoxy) is 1. The molecule has 2 fully saturated rings. The number of carbonyl (C=O) groups is 2. The van der Waals surface area contributed by atoms with E-state index >= 15 is 0 Å². The SMILES string of the molecule is C=CC[C@H]1CC[C@]2(C(=O)N(COCCSI)c3cc(Cl)ccc32)N(CC2CC2)C1=O. The second-order valence-electron chi connectivity index (χ2n) is 8.26. The summed E-state index contributed by atoms with van der Waals surface area (Å²) in [4.78, 5) is 31.0. The van der Waals surface area contributed by atoms with E-state index in [0.29, 0.717) is 43.4 Å². The lowest BCUT2D eigenvalue weighted by atomic mass is 9.76. The Morgan fingerprint density at radius 2 is 2.13 bits per heavy atom. The lowest BCUT2D eigenvalue weighted by Gasteiger charge is -2.46. The third-order valence-electron chi connectivity index (χ3n) is 6.34. The normalized spacial score (nSPS) is 25.9. The first-order valence-electron chi connectivity index (χ1n) is 10.4. The number of rotatable bonds is 9. The molecule has 0 N–H and O–H groups in total. The monoisotopic (exact) mass is 560 g/mol. The Morgan fingerprint density at radius 1 is 1.33 bits per heavy atom. The van der Waals surface area contributed by atoms with Gasteiger partial charge in [-0.1, -0.05) is 32.7 Å². The molecule has 2 atom stereocenters. The van der Waals surface area contributed by atoms with Gasteiger partial charge in [0.2, 0.25) is 5.91 Å². The molecule has 30 heavy (non-hydrogen) atoms. The molecule has 1 saturated carbocycles. The van der Waals surface area contributed by atoms with Crippen molar-refractivity contribution in [2.75, 3.05) is 30.5 Å². The zero-order chi connectivity index (χ0) is 21.3. The summed E-state index contributed by atoms with van der Waals surface area (Å²) in [5.74, 6) is 1.26. The first-order valence-corrected chi connectivity index (χ1v) is 14.3. The molecule has 1 aliphatic carbocycles. The molecule has 162 valence electrons. The predicted octanol–water partition coefficient (Wildman–Crippen LogP) is 5.16. The van der Waals surface area contributed by atoms with Crippen LogP contribution in [0.3, 0.4) is 0 Å². The topological polar surface area (TPSA) is 49.9 Å². The number of benzene rings is 1. The minimum absolute atomic E-state index is 0.0621. The van der Waals surface area contributed by atoms with Crippen molar-refractivity contribution < 1.29 is 14.3 Å². The molecule has 1 aromatic carbocycles. The zero-order valence-corrected chi connectivity index (χ0v) is 20.5. The van der Waals surface area contributed by atoms with Crippen molar-refractivity contribution in [2.45, 2.75) is 37.6 Å². The van der Waals surface area contributed by atoms with Crippen molar-refractivity contribution in [3.05, 3.63) is 41.4 Å². The first-order chi connectivity index (χ1) is 14.5. The molecule has 1 saturated heterocycles. The summed E-state index contributed by atoms with van der Waals surface area (Å²) in [6.45, 7) is 5.19. The molecule has 1 spiro atoms. The van der Waals surface area contributed by atoms with Gasteiger partial charge in [-0.05, 0) is 71.4 Å². The maximum absolute atomic E-state index is 13.9. The number of hydrogen-bond acceptors (Lipinski definition) is 4. The fourth-order valence-corrected chi connectivity index (χ4v) is 5.56. The molecule has 5 nitrogen and oxygen atoms in total. The van der Waals surface area contributed by atoms with Gasteiger partial charge in [0, 0.05) is 28.8 Å². The minimum Gasteiger partial charge on any atom is -0.360 e. The van der Waals surface area contributed by atoms with Crippen LogP contribution in [-0.4, -0.2) is 42.3 Å². The van der Waals surface area contributed by atoms with E-state index in [1.54, 1.807) is 13.8 Å². The molecule has 0 aromatic heterocycles. The fourth-order valence-electron chi connectivity index (χ4n) is 4.68. The Labute approximate surface area is 199 Å². The van der Waals surface area contributed by atoms with Crippen molar-refractivity contribution in [3.8, 4) is 0 Å². The van der Waals surface area contributed by atoms with Crippen LogP contribution in [-0.2, 0) is 19.9 Å². The highest BCUT2D eigenvalue weighted by Gasteiger charge is 2.59. The van der Waals surface area contributed by atoms with Crippen LogP contribution >= 0.6 is 41.7 Å². The smallest absolute Gasteiger partial charge is 0.259 e. The van der Waals surface area contributed by atoms with Gasteiger partial charge in [0.1, 0.15) is 12.3 Å². The van der Waals surface area contributed by atoms with Gasteiger partial charge >= 0.3 is 0 Å². The molecule has 0 bridgehead atoms. The van der Waals surface area contributed by atoms with Gasteiger partial charge in [-0.3, -0.25) is 14.5 Å². The number of fused-ring (bicyclic) bond motifs is 2. The predicted molar refractivity (Wildman–Crippen MR) is 130 cm³/mol. The van der Waals surface area contributed by atoms with Gasteiger partial charge in [0.05, 0.1) is 12.3 Å². The van der Waals surface area contributed by atoms with Gasteiger partial charge in [-0.15, -0.1) is 6.58 Å². The largest absolute Gasteiger partial charge is 0.360 e. The van der Waals surface area contributed by atoms with Crippen LogP contribution in [0.4, 0.5) is 5.69 Å². The van der Waals surface area contributed by atoms with Crippen LogP contribution in [0.1, 0.15) is 37.7 Å². The number of anilines is 1. The number of carbonyl (C=O) groups excluding carboxylic acids is 2. The molecule has 2 aliphatic heterocycles. The van der Waals surface area contributed by atoms with Crippen LogP contribution in [0.25, 0.3) is 0 Å². The Hall–Kier alpha value is -0.770. The second-order valence-corrected chi connectivity index (χ2v) is 11.2. The summed E-state index contributed by atoms with van der Waals surface area (Å²) >= 11 is 8.53. The average Bonchev–Trinajstić information content (AvgIpc) is 3.52. The highest BCUT2D eigenvalue weighted by molar-refractivity contribution is 14.2. The summed E-state index contributed by atoms with van der Waals surface area (Å²) in [7, 11) is 1.67. The van der Waals surface area contributed by atoms with Crippen LogP contribution in [0, 0.1) is 11.8 Å². The molecule has 1 aromatic rings. The average molecular weight is 561 g/mol.